The molecule has 0 spiro atoms. The van der Waals surface area contributed by atoms with Crippen LogP contribution in [0.1, 0.15) is 79.7 Å². The first kappa shape index (κ1) is 24.9. The molecule has 4 nitrogen and oxygen atoms in total. The molecule has 1 fully saturated rings. The van der Waals surface area contributed by atoms with Crippen molar-refractivity contribution < 1.29 is 14.3 Å². The summed E-state index contributed by atoms with van der Waals surface area (Å²) in [5.41, 5.74) is 10.4. The number of ether oxygens (including phenoxy) is 2. The maximum Gasteiger partial charge on any atom is 0.410 e. The lowest BCUT2D eigenvalue weighted by molar-refractivity contribution is -0.0331. The van der Waals surface area contributed by atoms with E-state index in [1.54, 1.807) is 0 Å². The van der Waals surface area contributed by atoms with Crippen molar-refractivity contribution in [2.75, 3.05) is 19.8 Å². The van der Waals surface area contributed by atoms with Crippen molar-refractivity contribution in [1.82, 2.24) is 4.90 Å². The van der Waals surface area contributed by atoms with E-state index in [2.05, 4.69) is 101 Å². The Morgan fingerprint density at radius 2 is 1.47 bits per heavy atom. The Morgan fingerprint density at radius 3 is 2.05 bits per heavy atom. The van der Waals surface area contributed by atoms with Gasteiger partial charge in [-0.05, 0) is 62.8 Å². The summed E-state index contributed by atoms with van der Waals surface area (Å²) < 4.78 is 12.0. The van der Waals surface area contributed by atoms with E-state index in [0.717, 1.165) is 6.42 Å². The first-order chi connectivity index (χ1) is 18.4. The van der Waals surface area contributed by atoms with E-state index in [4.69, 9.17) is 9.47 Å². The summed E-state index contributed by atoms with van der Waals surface area (Å²) in [4.78, 5) is 15.5. The van der Waals surface area contributed by atoms with Gasteiger partial charge in [-0.2, -0.15) is 0 Å². The highest BCUT2D eigenvalue weighted by molar-refractivity contribution is 5.80. The maximum absolute atomic E-state index is 13.6. The molecule has 3 aromatic carbocycles. The van der Waals surface area contributed by atoms with Crippen LogP contribution in [-0.2, 0) is 9.47 Å². The number of fused-ring (bicyclic) bond motifs is 5. The lowest BCUT2D eigenvalue weighted by Gasteiger charge is -2.44. The number of rotatable bonds is 5. The van der Waals surface area contributed by atoms with Gasteiger partial charge in [0.2, 0.25) is 0 Å². The van der Waals surface area contributed by atoms with E-state index in [1.807, 2.05) is 4.90 Å². The molecule has 4 heteroatoms. The fraction of sp³-hybridized carbons (Fsp3) is 0.382. The summed E-state index contributed by atoms with van der Waals surface area (Å²) in [6, 6.07) is 23.5. The third-order valence-corrected chi connectivity index (χ3v) is 8.44. The first-order valence-corrected chi connectivity index (χ1v) is 14.0. The highest BCUT2D eigenvalue weighted by Crippen LogP contribution is 2.45. The summed E-state index contributed by atoms with van der Waals surface area (Å²) in [5.74, 6) is 0.923. The molecule has 38 heavy (non-hydrogen) atoms. The van der Waals surface area contributed by atoms with E-state index >= 15 is 0 Å². The minimum Gasteiger partial charge on any atom is -0.448 e. The maximum atomic E-state index is 13.6. The van der Waals surface area contributed by atoms with Gasteiger partial charge in [0.15, 0.2) is 0 Å². The Bertz CT molecular complexity index is 1320. The molecule has 0 radical (unpaired) electrons. The van der Waals surface area contributed by atoms with Crippen LogP contribution >= 0.6 is 0 Å². The second-order valence-electron chi connectivity index (χ2n) is 11.5. The van der Waals surface area contributed by atoms with Crippen molar-refractivity contribution >= 4 is 11.7 Å². The predicted molar refractivity (Wildman–Crippen MR) is 153 cm³/mol. The van der Waals surface area contributed by atoms with E-state index in [9.17, 15) is 4.79 Å². The van der Waals surface area contributed by atoms with Gasteiger partial charge < -0.3 is 9.47 Å². The Hall–Kier alpha value is -3.37. The summed E-state index contributed by atoms with van der Waals surface area (Å²) >= 11 is 0. The molecule has 2 aliphatic heterocycles. The first-order valence-electron chi connectivity index (χ1n) is 14.0. The third-order valence-electron chi connectivity index (χ3n) is 8.44. The third kappa shape index (κ3) is 4.25. The molecular formula is C34H37NO3. The Balaban J connectivity index is 1.26. The molecule has 1 amide bonds. The number of nitrogens with zero attached hydrogens (tertiary/aromatic N) is 1. The van der Waals surface area contributed by atoms with Crippen molar-refractivity contribution in [3.63, 3.8) is 0 Å². The van der Waals surface area contributed by atoms with Gasteiger partial charge in [-0.1, -0.05) is 101 Å². The quantitative estimate of drug-likeness (QED) is 0.355. The van der Waals surface area contributed by atoms with Crippen molar-refractivity contribution in [1.29, 1.82) is 0 Å². The van der Waals surface area contributed by atoms with Gasteiger partial charge in [-0.3, -0.25) is 4.90 Å². The number of carbonyl (C=O) groups is 1. The molecule has 196 valence electrons. The van der Waals surface area contributed by atoms with Gasteiger partial charge in [-0.15, -0.1) is 0 Å². The minimum absolute atomic E-state index is 0.0235. The zero-order valence-electron chi connectivity index (χ0n) is 22.8. The second kappa shape index (κ2) is 10.1. The Kier molecular flexibility index (Phi) is 6.61. The van der Waals surface area contributed by atoms with Crippen LogP contribution in [0.5, 0.6) is 0 Å². The lowest BCUT2D eigenvalue weighted by Crippen LogP contribution is -2.56. The largest absolute Gasteiger partial charge is 0.448 e. The van der Waals surface area contributed by atoms with E-state index in [-0.39, 0.29) is 24.1 Å². The average Bonchev–Trinajstić information content (AvgIpc) is 3.24. The standard InChI is InChI=1S/C34H37NO3/c1-21(2)26-14-9-15-27(22(3)4)33(26)23-16-24-18-37-19-25(17-23)35(24)34(36)38-20-32-30-12-7-5-10-28(30)29-11-6-8-13-31(29)32/h5-16,21-22,24-25,32H,17-20H2,1-4H3. The smallest absolute Gasteiger partial charge is 0.410 e. The lowest BCUT2D eigenvalue weighted by atomic mass is 9.80. The predicted octanol–water partition coefficient (Wildman–Crippen LogP) is 7.74. The minimum atomic E-state index is -0.235. The fourth-order valence-corrected chi connectivity index (χ4v) is 6.66. The van der Waals surface area contributed by atoms with Crippen LogP contribution in [0.3, 0.4) is 0 Å². The molecule has 2 heterocycles. The summed E-state index contributed by atoms with van der Waals surface area (Å²) in [7, 11) is 0. The van der Waals surface area contributed by atoms with Crippen LogP contribution in [0.2, 0.25) is 0 Å². The average molecular weight is 508 g/mol. The van der Waals surface area contributed by atoms with Crippen LogP contribution in [0.15, 0.2) is 72.8 Å². The number of morpholine rings is 1. The SMILES string of the molecule is CC(C)c1cccc(C(C)C)c1C1=CC2COCC(C1)N2C(=O)OCC1c2ccccc2-c2ccccc21. The number of amides is 1. The van der Waals surface area contributed by atoms with Crippen LogP contribution in [0, 0.1) is 0 Å². The zero-order valence-corrected chi connectivity index (χ0v) is 22.8. The highest BCUT2D eigenvalue weighted by atomic mass is 16.6. The summed E-state index contributed by atoms with van der Waals surface area (Å²) in [5, 5.41) is 0. The van der Waals surface area contributed by atoms with Crippen LogP contribution in [-0.4, -0.2) is 42.9 Å². The molecule has 3 aromatic rings. The molecule has 6 rings (SSSR count). The molecule has 1 saturated heterocycles. The normalized spacial score (nSPS) is 20.4. The summed E-state index contributed by atoms with van der Waals surface area (Å²) in [6.45, 7) is 10.4. The van der Waals surface area contributed by atoms with Gasteiger partial charge in [0.25, 0.3) is 0 Å². The van der Waals surface area contributed by atoms with Crippen molar-refractivity contribution in [2.24, 2.45) is 0 Å². The number of hydrogen-bond acceptors (Lipinski definition) is 3. The van der Waals surface area contributed by atoms with Gasteiger partial charge >= 0.3 is 6.09 Å². The monoisotopic (exact) mass is 507 g/mol. The van der Waals surface area contributed by atoms with E-state index in [1.165, 1.54) is 44.5 Å². The fourth-order valence-electron chi connectivity index (χ4n) is 6.66. The van der Waals surface area contributed by atoms with Crippen LogP contribution < -0.4 is 0 Å². The molecule has 0 saturated carbocycles. The van der Waals surface area contributed by atoms with Gasteiger partial charge in [0.1, 0.15) is 6.61 Å². The topological polar surface area (TPSA) is 38.8 Å². The Labute approximate surface area is 226 Å². The van der Waals surface area contributed by atoms with Gasteiger partial charge in [0.05, 0.1) is 25.3 Å². The zero-order chi connectivity index (χ0) is 26.4. The van der Waals surface area contributed by atoms with Crippen molar-refractivity contribution in [2.45, 2.75) is 64.0 Å². The number of carbonyl (C=O) groups excluding carboxylic acids is 1. The molecular weight excluding hydrogens is 470 g/mol. The second-order valence-corrected chi connectivity index (χ2v) is 11.5. The molecule has 0 N–H and O–H groups in total. The van der Waals surface area contributed by atoms with Gasteiger partial charge in [-0.25, -0.2) is 4.79 Å². The molecule has 2 atom stereocenters. The molecule has 2 bridgehead atoms. The van der Waals surface area contributed by atoms with Crippen LogP contribution in [0.4, 0.5) is 4.79 Å². The van der Waals surface area contributed by atoms with Crippen molar-refractivity contribution in [3.8, 4) is 11.1 Å². The van der Waals surface area contributed by atoms with Crippen molar-refractivity contribution in [3.05, 3.63) is 101 Å². The Morgan fingerprint density at radius 1 is 0.868 bits per heavy atom. The molecule has 3 aliphatic rings. The molecule has 2 unspecified atom stereocenters. The highest BCUT2D eigenvalue weighted by Gasteiger charge is 2.40. The van der Waals surface area contributed by atoms with Crippen LogP contribution in [0.25, 0.3) is 16.7 Å². The number of benzene rings is 3. The summed E-state index contributed by atoms with van der Waals surface area (Å²) in [6.07, 6.45) is 2.82. The van der Waals surface area contributed by atoms with E-state index in [0.29, 0.717) is 31.7 Å². The van der Waals surface area contributed by atoms with E-state index < -0.39 is 0 Å². The van der Waals surface area contributed by atoms with Gasteiger partial charge in [0, 0.05) is 5.92 Å². The molecule has 0 aromatic heterocycles. The number of hydrogen-bond donors (Lipinski definition) is 0. The molecule has 1 aliphatic carbocycles.